The Balaban J connectivity index is 1.80. The van der Waals surface area contributed by atoms with Crippen molar-refractivity contribution in [2.75, 3.05) is 19.0 Å². The summed E-state index contributed by atoms with van der Waals surface area (Å²) in [5.41, 5.74) is 5.32. The summed E-state index contributed by atoms with van der Waals surface area (Å²) >= 11 is 1.30. The van der Waals surface area contributed by atoms with Crippen molar-refractivity contribution >= 4 is 28.2 Å². The van der Waals surface area contributed by atoms with Crippen molar-refractivity contribution in [2.45, 2.75) is 40.0 Å². The maximum Gasteiger partial charge on any atom is 0.341 e. The van der Waals surface area contributed by atoms with E-state index >= 15 is 0 Å². The van der Waals surface area contributed by atoms with Crippen LogP contribution in [0.4, 0.5) is 5.00 Å². The van der Waals surface area contributed by atoms with E-state index in [4.69, 9.17) is 9.47 Å². The molecule has 0 saturated carbocycles. The predicted molar refractivity (Wildman–Crippen MR) is 130 cm³/mol. The van der Waals surface area contributed by atoms with E-state index < -0.39 is 5.97 Å². The molecule has 0 aliphatic heterocycles. The summed E-state index contributed by atoms with van der Waals surface area (Å²) in [5.74, 6) is 0.156. The van der Waals surface area contributed by atoms with Crippen LogP contribution >= 0.6 is 11.3 Å². The molecule has 1 N–H and O–H groups in total. The zero-order valence-electron chi connectivity index (χ0n) is 19.2. The summed E-state index contributed by atoms with van der Waals surface area (Å²) in [6.45, 7) is 8.10. The van der Waals surface area contributed by atoms with Crippen molar-refractivity contribution in [1.29, 1.82) is 0 Å². The topological polar surface area (TPSA) is 64.6 Å². The molecular weight excluding hydrogens is 422 g/mol. The van der Waals surface area contributed by atoms with Crippen LogP contribution in [0.3, 0.4) is 0 Å². The quantitative estimate of drug-likeness (QED) is 0.413. The van der Waals surface area contributed by atoms with Crippen LogP contribution in [0, 0.1) is 6.92 Å². The fourth-order valence-electron chi connectivity index (χ4n) is 3.44. The second-order valence-electron chi connectivity index (χ2n) is 7.93. The summed E-state index contributed by atoms with van der Waals surface area (Å²) in [5, 5.41) is 5.14. The van der Waals surface area contributed by atoms with Gasteiger partial charge in [0.15, 0.2) is 6.61 Å². The van der Waals surface area contributed by atoms with Gasteiger partial charge < -0.3 is 14.8 Å². The molecule has 1 amide bonds. The molecule has 3 rings (SSSR count). The van der Waals surface area contributed by atoms with Crippen molar-refractivity contribution in [1.82, 2.24) is 0 Å². The fourth-order valence-corrected chi connectivity index (χ4v) is 4.41. The zero-order valence-corrected chi connectivity index (χ0v) is 20.0. The lowest BCUT2D eigenvalue weighted by atomic mass is 10.0. The van der Waals surface area contributed by atoms with Gasteiger partial charge in [0.2, 0.25) is 0 Å². The Bertz CT molecular complexity index is 1100. The zero-order chi connectivity index (χ0) is 23.3. The van der Waals surface area contributed by atoms with Crippen molar-refractivity contribution in [3.8, 4) is 16.9 Å². The van der Waals surface area contributed by atoms with Crippen LogP contribution in [-0.4, -0.2) is 25.6 Å². The number of hydrogen-bond acceptors (Lipinski definition) is 5. The maximum atomic E-state index is 12.7. The number of hydrogen-bond donors (Lipinski definition) is 1. The monoisotopic (exact) mass is 451 g/mol. The number of amides is 1. The van der Waals surface area contributed by atoms with Gasteiger partial charge in [-0.25, -0.2) is 4.79 Å². The highest BCUT2D eigenvalue weighted by molar-refractivity contribution is 7.15. The first-order chi connectivity index (χ1) is 15.3. The minimum Gasteiger partial charge on any atom is -0.483 e. The van der Waals surface area contributed by atoms with E-state index in [2.05, 4.69) is 26.1 Å². The second kappa shape index (κ2) is 10.5. The van der Waals surface area contributed by atoms with Crippen LogP contribution in [0.5, 0.6) is 5.75 Å². The third-order valence-electron chi connectivity index (χ3n) is 5.26. The molecule has 0 fully saturated rings. The van der Waals surface area contributed by atoms with Gasteiger partial charge >= 0.3 is 5.97 Å². The molecule has 32 heavy (non-hydrogen) atoms. The van der Waals surface area contributed by atoms with Gasteiger partial charge in [0, 0.05) is 10.9 Å². The number of esters is 1. The molecule has 2 aromatic carbocycles. The third kappa shape index (κ3) is 5.37. The van der Waals surface area contributed by atoms with Crippen LogP contribution in [0.25, 0.3) is 11.1 Å². The summed E-state index contributed by atoms with van der Waals surface area (Å²) in [6, 6.07) is 14.0. The van der Waals surface area contributed by atoms with Gasteiger partial charge in [-0.2, -0.15) is 0 Å². The molecule has 0 aliphatic rings. The first kappa shape index (κ1) is 23.5. The molecule has 0 unspecified atom stereocenters. The van der Waals surface area contributed by atoms with Crippen molar-refractivity contribution in [3.63, 3.8) is 0 Å². The number of anilines is 1. The van der Waals surface area contributed by atoms with Crippen LogP contribution in [0.1, 0.15) is 53.7 Å². The van der Waals surface area contributed by atoms with Crippen LogP contribution < -0.4 is 10.1 Å². The van der Waals surface area contributed by atoms with E-state index in [0.29, 0.717) is 16.3 Å². The Morgan fingerprint density at radius 1 is 1.09 bits per heavy atom. The summed E-state index contributed by atoms with van der Waals surface area (Å²) in [7, 11) is 1.34. The highest BCUT2D eigenvalue weighted by atomic mass is 32.1. The predicted octanol–water partition coefficient (Wildman–Crippen LogP) is 6.21. The smallest absolute Gasteiger partial charge is 0.341 e. The normalized spacial score (nSPS) is 10.8. The maximum absolute atomic E-state index is 12.7. The number of nitrogens with one attached hydrogen (secondary N) is 1. The molecule has 6 heteroatoms. The van der Waals surface area contributed by atoms with Crippen molar-refractivity contribution in [2.24, 2.45) is 0 Å². The van der Waals surface area contributed by atoms with Gasteiger partial charge in [0.05, 0.1) is 7.11 Å². The van der Waals surface area contributed by atoms with E-state index in [9.17, 15) is 9.59 Å². The standard InChI is InChI=1S/C26H29NO4S/c1-6-18-8-10-19(11-9-18)21-15-32-25(24(21)26(29)30-5)27-23(28)14-31-22-13-17(4)7-12-20(22)16(2)3/h7-13,15-16H,6,14H2,1-5H3,(H,27,28). The first-order valence-corrected chi connectivity index (χ1v) is 11.5. The minimum atomic E-state index is -0.488. The van der Waals surface area contributed by atoms with Gasteiger partial charge in [-0.1, -0.05) is 57.2 Å². The average molecular weight is 452 g/mol. The molecule has 0 spiro atoms. The van der Waals surface area contributed by atoms with Gasteiger partial charge in [-0.05, 0) is 47.6 Å². The van der Waals surface area contributed by atoms with Gasteiger partial charge in [0.25, 0.3) is 5.91 Å². The Hall–Kier alpha value is -3.12. The minimum absolute atomic E-state index is 0.151. The molecule has 0 bridgehead atoms. The summed E-state index contributed by atoms with van der Waals surface area (Å²) < 4.78 is 10.8. The van der Waals surface area contributed by atoms with Gasteiger partial charge in [0.1, 0.15) is 16.3 Å². The average Bonchev–Trinajstić information content (AvgIpc) is 3.20. The molecule has 3 aromatic rings. The van der Waals surface area contributed by atoms with E-state index in [1.54, 1.807) is 0 Å². The SMILES string of the molecule is CCc1ccc(-c2csc(NC(=O)COc3cc(C)ccc3C(C)C)c2C(=O)OC)cc1. The Labute approximate surface area is 193 Å². The Kier molecular flexibility index (Phi) is 7.70. The lowest BCUT2D eigenvalue weighted by Gasteiger charge is -2.15. The molecule has 0 saturated heterocycles. The molecular formula is C26H29NO4S. The van der Waals surface area contributed by atoms with E-state index in [1.165, 1.54) is 24.0 Å². The fraction of sp³-hybridized carbons (Fsp3) is 0.308. The van der Waals surface area contributed by atoms with E-state index in [-0.39, 0.29) is 18.4 Å². The lowest BCUT2D eigenvalue weighted by molar-refractivity contribution is -0.118. The molecule has 1 aromatic heterocycles. The Morgan fingerprint density at radius 2 is 1.81 bits per heavy atom. The number of ether oxygens (including phenoxy) is 2. The van der Waals surface area contributed by atoms with Crippen molar-refractivity contribution in [3.05, 3.63) is 70.1 Å². The highest BCUT2D eigenvalue weighted by Gasteiger charge is 2.22. The highest BCUT2D eigenvalue weighted by Crippen LogP contribution is 2.36. The Morgan fingerprint density at radius 3 is 2.44 bits per heavy atom. The summed E-state index contributed by atoms with van der Waals surface area (Å²) in [4.78, 5) is 25.2. The largest absolute Gasteiger partial charge is 0.483 e. The number of carbonyl (C=O) groups excluding carboxylic acids is 2. The third-order valence-corrected chi connectivity index (χ3v) is 6.15. The number of methoxy groups -OCH3 is 1. The molecule has 168 valence electrons. The number of thiophene rings is 1. The van der Waals surface area contributed by atoms with Gasteiger partial charge in [-0.15, -0.1) is 11.3 Å². The molecule has 5 nitrogen and oxygen atoms in total. The first-order valence-electron chi connectivity index (χ1n) is 10.7. The lowest BCUT2D eigenvalue weighted by Crippen LogP contribution is -2.21. The number of aryl methyl sites for hydroxylation is 2. The number of benzene rings is 2. The van der Waals surface area contributed by atoms with E-state index in [0.717, 1.165) is 28.7 Å². The molecule has 0 atom stereocenters. The van der Waals surface area contributed by atoms with Crippen LogP contribution in [0.15, 0.2) is 47.8 Å². The van der Waals surface area contributed by atoms with Crippen LogP contribution in [0.2, 0.25) is 0 Å². The number of carbonyl (C=O) groups is 2. The van der Waals surface area contributed by atoms with Crippen molar-refractivity contribution < 1.29 is 19.1 Å². The molecule has 1 heterocycles. The van der Waals surface area contributed by atoms with E-state index in [1.807, 2.05) is 54.8 Å². The molecule has 0 aliphatic carbocycles. The van der Waals surface area contributed by atoms with Crippen LogP contribution in [-0.2, 0) is 16.0 Å². The molecule has 0 radical (unpaired) electrons. The summed E-state index contributed by atoms with van der Waals surface area (Å²) in [6.07, 6.45) is 0.939. The number of rotatable bonds is 8. The van der Waals surface area contributed by atoms with Gasteiger partial charge in [-0.3, -0.25) is 4.79 Å². The second-order valence-corrected chi connectivity index (χ2v) is 8.81.